The number of rotatable bonds is 4. The second kappa shape index (κ2) is 6.81. The van der Waals surface area contributed by atoms with E-state index in [4.69, 9.17) is 11.6 Å². The third kappa shape index (κ3) is 3.19. The van der Waals surface area contributed by atoms with Gasteiger partial charge in [0, 0.05) is 46.7 Å². The minimum Gasteiger partial charge on any atom is -0.396 e. The van der Waals surface area contributed by atoms with Crippen molar-refractivity contribution in [2.45, 2.75) is 39.2 Å². The second-order valence-electron chi connectivity index (χ2n) is 7.09. The van der Waals surface area contributed by atoms with Crippen LogP contribution in [0.15, 0.2) is 36.5 Å². The molecule has 3 aromatic rings. The van der Waals surface area contributed by atoms with Gasteiger partial charge < -0.3 is 9.67 Å². The van der Waals surface area contributed by atoms with Gasteiger partial charge in [-0.3, -0.25) is 4.98 Å². The molecule has 0 saturated carbocycles. The standard InChI is InChI=1S/C21H23ClN2O/c1-14-2-3-15(12-23-14)8-9-24-20-7-5-17(22)11-19(20)18-6-4-16(13-25)10-21(18)24/h2-3,5,7,11-12,16,25H,4,6,8-10,13H2,1H3. The summed E-state index contributed by atoms with van der Waals surface area (Å²) in [5, 5.41) is 11.7. The number of aryl methyl sites for hydroxylation is 4. The van der Waals surface area contributed by atoms with Gasteiger partial charge in [-0.1, -0.05) is 17.7 Å². The lowest BCUT2D eigenvalue weighted by Gasteiger charge is -2.23. The van der Waals surface area contributed by atoms with Crippen LogP contribution in [-0.4, -0.2) is 21.3 Å². The van der Waals surface area contributed by atoms with Gasteiger partial charge in [-0.25, -0.2) is 0 Å². The van der Waals surface area contributed by atoms with Crippen molar-refractivity contribution in [3.63, 3.8) is 0 Å². The van der Waals surface area contributed by atoms with E-state index in [2.05, 4.69) is 33.8 Å². The molecule has 0 amide bonds. The molecule has 2 aromatic heterocycles. The number of halogens is 1. The van der Waals surface area contributed by atoms with Crippen molar-refractivity contribution in [1.82, 2.24) is 9.55 Å². The number of hydrogen-bond acceptors (Lipinski definition) is 2. The molecule has 0 fully saturated rings. The maximum atomic E-state index is 9.62. The van der Waals surface area contributed by atoms with Crippen LogP contribution in [0.1, 0.15) is 28.9 Å². The summed E-state index contributed by atoms with van der Waals surface area (Å²) in [4.78, 5) is 4.41. The molecule has 1 aliphatic carbocycles. The van der Waals surface area contributed by atoms with E-state index in [0.717, 1.165) is 42.9 Å². The van der Waals surface area contributed by atoms with Gasteiger partial charge in [0.1, 0.15) is 0 Å². The summed E-state index contributed by atoms with van der Waals surface area (Å²) in [6.07, 6.45) is 5.95. The first kappa shape index (κ1) is 16.6. The van der Waals surface area contributed by atoms with E-state index < -0.39 is 0 Å². The Morgan fingerprint density at radius 3 is 2.92 bits per heavy atom. The van der Waals surface area contributed by atoms with Crippen molar-refractivity contribution in [1.29, 1.82) is 0 Å². The van der Waals surface area contributed by atoms with E-state index >= 15 is 0 Å². The number of benzene rings is 1. The first-order chi connectivity index (χ1) is 12.2. The number of fused-ring (bicyclic) bond motifs is 3. The zero-order chi connectivity index (χ0) is 17.4. The van der Waals surface area contributed by atoms with Gasteiger partial charge in [0.2, 0.25) is 0 Å². The highest BCUT2D eigenvalue weighted by atomic mass is 35.5. The number of aromatic nitrogens is 2. The Bertz CT molecular complexity index is 898. The van der Waals surface area contributed by atoms with Crippen LogP contribution >= 0.6 is 11.6 Å². The molecule has 130 valence electrons. The van der Waals surface area contributed by atoms with Gasteiger partial charge >= 0.3 is 0 Å². The Hall–Kier alpha value is -1.84. The zero-order valence-electron chi connectivity index (χ0n) is 14.5. The summed E-state index contributed by atoms with van der Waals surface area (Å²) in [6, 6.07) is 10.4. The Kier molecular flexibility index (Phi) is 4.53. The minimum absolute atomic E-state index is 0.267. The van der Waals surface area contributed by atoms with Crippen LogP contribution in [0.2, 0.25) is 5.02 Å². The van der Waals surface area contributed by atoms with Gasteiger partial charge in [0.15, 0.2) is 0 Å². The molecule has 0 radical (unpaired) electrons. The number of nitrogens with zero attached hydrogens (tertiary/aromatic N) is 2. The fourth-order valence-electron chi connectivity index (χ4n) is 3.98. The fraction of sp³-hybridized carbons (Fsp3) is 0.381. The summed E-state index contributed by atoms with van der Waals surface area (Å²) in [6.45, 7) is 3.21. The van der Waals surface area contributed by atoms with Crippen molar-refractivity contribution in [2.75, 3.05) is 6.61 Å². The molecule has 1 N–H and O–H groups in total. The molecule has 0 aliphatic heterocycles. The summed E-state index contributed by atoms with van der Waals surface area (Å²) in [5.41, 5.74) is 6.36. The summed E-state index contributed by atoms with van der Waals surface area (Å²) < 4.78 is 2.43. The van der Waals surface area contributed by atoms with Crippen LogP contribution in [0, 0.1) is 12.8 Å². The van der Waals surface area contributed by atoms with Crippen LogP contribution in [-0.2, 0) is 25.8 Å². The van der Waals surface area contributed by atoms with Crippen molar-refractivity contribution >= 4 is 22.5 Å². The number of aliphatic hydroxyl groups is 1. The summed E-state index contributed by atoms with van der Waals surface area (Å²) in [5.74, 6) is 0.368. The quantitative estimate of drug-likeness (QED) is 0.756. The highest BCUT2D eigenvalue weighted by Crippen LogP contribution is 2.35. The Labute approximate surface area is 153 Å². The van der Waals surface area contributed by atoms with Crippen LogP contribution in [0.3, 0.4) is 0 Å². The predicted molar refractivity (Wildman–Crippen MR) is 102 cm³/mol. The Morgan fingerprint density at radius 2 is 2.16 bits per heavy atom. The molecule has 1 aromatic carbocycles. The molecule has 0 spiro atoms. The lowest BCUT2D eigenvalue weighted by atomic mass is 9.87. The summed E-state index contributed by atoms with van der Waals surface area (Å²) in [7, 11) is 0. The van der Waals surface area contributed by atoms with E-state index in [0.29, 0.717) is 5.92 Å². The van der Waals surface area contributed by atoms with E-state index in [-0.39, 0.29) is 6.61 Å². The number of aliphatic hydroxyl groups excluding tert-OH is 1. The molecule has 3 nitrogen and oxygen atoms in total. The van der Waals surface area contributed by atoms with Gasteiger partial charge in [-0.15, -0.1) is 0 Å². The van der Waals surface area contributed by atoms with Crippen molar-refractivity contribution in [3.8, 4) is 0 Å². The SMILES string of the molecule is Cc1ccc(CCn2c3c(c4cc(Cl)ccc42)CCC(CO)C3)cn1. The van der Waals surface area contributed by atoms with Gasteiger partial charge in [0.25, 0.3) is 0 Å². The second-order valence-corrected chi connectivity index (χ2v) is 7.52. The minimum atomic E-state index is 0.267. The predicted octanol–water partition coefficient (Wildman–Crippen LogP) is 4.34. The van der Waals surface area contributed by atoms with Crippen LogP contribution in [0.25, 0.3) is 10.9 Å². The van der Waals surface area contributed by atoms with Crippen molar-refractivity contribution in [3.05, 3.63) is 64.1 Å². The van der Waals surface area contributed by atoms with Gasteiger partial charge in [-0.2, -0.15) is 0 Å². The first-order valence-corrected chi connectivity index (χ1v) is 9.35. The summed E-state index contributed by atoms with van der Waals surface area (Å²) >= 11 is 6.26. The lowest BCUT2D eigenvalue weighted by Crippen LogP contribution is -2.20. The molecule has 2 heterocycles. The Morgan fingerprint density at radius 1 is 1.28 bits per heavy atom. The molecule has 1 aliphatic rings. The normalized spacial score (nSPS) is 17.0. The largest absolute Gasteiger partial charge is 0.396 e. The molecule has 4 heteroatoms. The van der Waals surface area contributed by atoms with Gasteiger partial charge in [-0.05, 0) is 73.9 Å². The smallest absolute Gasteiger partial charge is 0.0486 e. The number of hydrogen-bond donors (Lipinski definition) is 1. The lowest BCUT2D eigenvalue weighted by molar-refractivity contribution is 0.211. The van der Waals surface area contributed by atoms with Crippen molar-refractivity contribution in [2.24, 2.45) is 5.92 Å². The highest BCUT2D eigenvalue weighted by molar-refractivity contribution is 6.31. The Balaban J connectivity index is 1.72. The highest BCUT2D eigenvalue weighted by Gasteiger charge is 2.25. The zero-order valence-corrected chi connectivity index (χ0v) is 15.3. The topological polar surface area (TPSA) is 38.0 Å². The first-order valence-electron chi connectivity index (χ1n) is 8.97. The molecule has 0 bridgehead atoms. The van der Waals surface area contributed by atoms with Crippen LogP contribution in [0.5, 0.6) is 0 Å². The molecular weight excluding hydrogens is 332 g/mol. The third-order valence-electron chi connectivity index (χ3n) is 5.39. The molecule has 1 unspecified atom stereocenters. The fourth-order valence-corrected chi connectivity index (χ4v) is 4.16. The van der Waals surface area contributed by atoms with E-state index in [1.54, 1.807) is 0 Å². The van der Waals surface area contributed by atoms with Crippen LogP contribution < -0.4 is 0 Å². The molecule has 25 heavy (non-hydrogen) atoms. The average Bonchev–Trinajstić information content (AvgIpc) is 2.93. The maximum absolute atomic E-state index is 9.62. The maximum Gasteiger partial charge on any atom is 0.0486 e. The van der Waals surface area contributed by atoms with Gasteiger partial charge in [0.05, 0.1) is 0 Å². The van der Waals surface area contributed by atoms with E-state index in [9.17, 15) is 5.11 Å². The average molecular weight is 355 g/mol. The molecule has 0 saturated heterocycles. The number of pyridine rings is 1. The van der Waals surface area contributed by atoms with Crippen molar-refractivity contribution < 1.29 is 5.11 Å². The van der Waals surface area contributed by atoms with E-state index in [1.165, 1.54) is 27.7 Å². The van der Waals surface area contributed by atoms with E-state index in [1.807, 2.05) is 19.2 Å². The van der Waals surface area contributed by atoms with Crippen LogP contribution in [0.4, 0.5) is 0 Å². The molecule has 1 atom stereocenters. The molecule has 4 rings (SSSR count). The molecular formula is C21H23ClN2O. The monoisotopic (exact) mass is 354 g/mol. The third-order valence-corrected chi connectivity index (χ3v) is 5.62.